The first-order valence-electron chi connectivity index (χ1n) is 8.36. The maximum Gasteiger partial charge on any atom is 0.342 e. The lowest BCUT2D eigenvalue weighted by Crippen LogP contribution is -2.09. The van der Waals surface area contributed by atoms with Gasteiger partial charge in [-0.3, -0.25) is 0 Å². The fraction of sp³-hybridized carbons (Fsp3) is 0.450. The van der Waals surface area contributed by atoms with Crippen LogP contribution in [0.4, 0.5) is 0 Å². The maximum atomic E-state index is 12.5. The average Bonchev–Trinajstić information content (AvgIpc) is 2.56. The van der Waals surface area contributed by atoms with E-state index in [4.69, 9.17) is 9.47 Å². The molecule has 0 bridgehead atoms. The molecular formula is C20H26O3. The lowest BCUT2D eigenvalue weighted by Gasteiger charge is -2.12. The highest BCUT2D eigenvalue weighted by Crippen LogP contribution is 2.28. The van der Waals surface area contributed by atoms with Crippen LogP contribution in [-0.2, 0) is 4.74 Å². The normalized spacial score (nSPS) is 11.0. The SMILES string of the molecule is COc1ccc2ccccc2c1C(=O)OCCCCCC(C)C. The highest BCUT2D eigenvalue weighted by molar-refractivity contribution is 6.07. The monoisotopic (exact) mass is 314 g/mol. The zero-order valence-corrected chi connectivity index (χ0v) is 14.3. The van der Waals surface area contributed by atoms with Gasteiger partial charge >= 0.3 is 5.97 Å². The fourth-order valence-electron chi connectivity index (χ4n) is 2.70. The molecule has 0 saturated carbocycles. The molecule has 0 fully saturated rings. The third-order valence-electron chi connectivity index (χ3n) is 3.97. The average molecular weight is 314 g/mol. The number of methoxy groups -OCH3 is 1. The van der Waals surface area contributed by atoms with E-state index in [9.17, 15) is 4.79 Å². The van der Waals surface area contributed by atoms with Gasteiger partial charge < -0.3 is 9.47 Å². The summed E-state index contributed by atoms with van der Waals surface area (Å²) in [5, 5.41) is 1.88. The van der Waals surface area contributed by atoms with Crippen molar-refractivity contribution in [2.45, 2.75) is 39.5 Å². The highest BCUT2D eigenvalue weighted by Gasteiger charge is 2.17. The zero-order chi connectivity index (χ0) is 16.7. The second kappa shape index (κ2) is 8.56. The van der Waals surface area contributed by atoms with Gasteiger partial charge in [-0.05, 0) is 29.2 Å². The number of unbranched alkanes of at least 4 members (excludes halogenated alkanes) is 2. The zero-order valence-electron chi connectivity index (χ0n) is 14.3. The lowest BCUT2D eigenvalue weighted by molar-refractivity contribution is 0.0496. The minimum Gasteiger partial charge on any atom is -0.496 e. The number of benzene rings is 2. The van der Waals surface area contributed by atoms with E-state index in [1.54, 1.807) is 7.11 Å². The van der Waals surface area contributed by atoms with Crippen LogP contribution in [0.3, 0.4) is 0 Å². The molecule has 124 valence electrons. The summed E-state index contributed by atoms with van der Waals surface area (Å²) in [7, 11) is 1.58. The summed E-state index contributed by atoms with van der Waals surface area (Å²) in [6.45, 7) is 4.92. The van der Waals surface area contributed by atoms with Crippen LogP contribution in [0.15, 0.2) is 36.4 Å². The molecule has 3 heteroatoms. The van der Waals surface area contributed by atoms with Crippen LogP contribution in [0.1, 0.15) is 49.9 Å². The van der Waals surface area contributed by atoms with Gasteiger partial charge in [-0.1, -0.05) is 63.4 Å². The molecule has 0 radical (unpaired) electrons. The fourth-order valence-corrected chi connectivity index (χ4v) is 2.70. The molecule has 0 aliphatic carbocycles. The molecule has 0 aliphatic heterocycles. The van der Waals surface area contributed by atoms with Crippen LogP contribution in [-0.4, -0.2) is 19.7 Å². The molecule has 2 aromatic carbocycles. The van der Waals surface area contributed by atoms with E-state index in [0.29, 0.717) is 17.9 Å². The molecule has 0 N–H and O–H groups in total. The van der Waals surface area contributed by atoms with Crippen molar-refractivity contribution in [2.24, 2.45) is 5.92 Å². The Morgan fingerprint density at radius 1 is 1.04 bits per heavy atom. The van der Waals surface area contributed by atoms with Crippen LogP contribution < -0.4 is 4.74 Å². The highest BCUT2D eigenvalue weighted by atomic mass is 16.5. The molecule has 2 rings (SSSR count). The summed E-state index contributed by atoms with van der Waals surface area (Å²) in [6.07, 6.45) is 4.42. The molecule has 0 amide bonds. The first-order valence-corrected chi connectivity index (χ1v) is 8.36. The summed E-state index contributed by atoms with van der Waals surface area (Å²) < 4.78 is 10.8. The molecule has 0 spiro atoms. The van der Waals surface area contributed by atoms with Crippen molar-refractivity contribution < 1.29 is 14.3 Å². The molecule has 2 aromatic rings. The number of rotatable bonds is 8. The van der Waals surface area contributed by atoms with Gasteiger partial charge in [0.2, 0.25) is 0 Å². The molecule has 0 aliphatic rings. The number of ether oxygens (including phenoxy) is 2. The number of hydrogen-bond acceptors (Lipinski definition) is 3. The van der Waals surface area contributed by atoms with Crippen molar-refractivity contribution in [2.75, 3.05) is 13.7 Å². The van der Waals surface area contributed by atoms with Gasteiger partial charge in [0.1, 0.15) is 11.3 Å². The van der Waals surface area contributed by atoms with Gasteiger partial charge in [-0.2, -0.15) is 0 Å². The van der Waals surface area contributed by atoms with Gasteiger partial charge in [-0.15, -0.1) is 0 Å². The van der Waals surface area contributed by atoms with E-state index in [1.165, 1.54) is 12.8 Å². The van der Waals surface area contributed by atoms with Gasteiger partial charge in [0.05, 0.1) is 13.7 Å². The Morgan fingerprint density at radius 2 is 1.83 bits per heavy atom. The smallest absolute Gasteiger partial charge is 0.342 e. The number of carbonyl (C=O) groups is 1. The maximum absolute atomic E-state index is 12.5. The summed E-state index contributed by atoms with van der Waals surface area (Å²) in [4.78, 5) is 12.5. The van der Waals surface area contributed by atoms with Crippen molar-refractivity contribution in [1.82, 2.24) is 0 Å². The first-order chi connectivity index (χ1) is 11.1. The van der Waals surface area contributed by atoms with Crippen molar-refractivity contribution in [3.8, 4) is 5.75 Å². The number of fused-ring (bicyclic) bond motifs is 1. The van der Waals surface area contributed by atoms with Gasteiger partial charge in [0.15, 0.2) is 0 Å². The van der Waals surface area contributed by atoms with Crippen LogP contribution in [0.5, 0.6) is 5.75 Å². The lowest BCUT2D eigenvalue weighted by atomic mass is 10.0. The number of carbonyl (C=O) groups excluding carboxylic acids is 1. The van der Waals surface area contributed by atoms with Gasteiger partial charge in [0, 0.05) is 0 Å². The molecule has 0 saturated heterocycles. The Bertz CT molecular complexity index is 646. The summed E-state index contributed by atoms with van der Waals surface area (Å²) in [6, 6.07) is 11.6. The Balaban J connectivity index is 2.00. The summed E-state index contributed by atoms with van der Waals surface area (Å²) >= 11 is 0. The van der Waals surface area contributed by atoms with E-state index in [2.05, 4.69) is 13.8 Å². The molecule has 23 heavy (non-hydrogen) atoms. The van der Waals surface area contributed by atoms with Crippen molar-refractivity contribution in [3.05, 3.63) is 42.0 Å². The Labute approximate surface area is 138 Å². The van der Waals surface area contributed by atoms with Crippen LogP contribution in [0.2, 0.25) is 0 Å². The van der Waals surface area contributed by atoms with Crippen molar-refractivity contribution in [1.29, 1.82) is 0 Å². The number of esters is 1. The largest absolute Gasteiger partial charge is 0.496 e. The second-order valence-corrected chi connectivity index (χ2v) is 6.24. The van der Waals surface area contributed by atoms with Crippen LogP contribution >= 0.6 is 0 Å². The third kappa shape index (κ3) is 4.72. The van der Waals surface area contributed by atoms with Gasteiger partial charge in [0.25, 0.3) is 0 Å². The van der Waals surface area contributed by atoms with E-state index < -0.39 is 0 Å². The Kier molecular flexibility index (Phi) is 6.45. The predicted molar refractivity (Wildman–Crippen MR) is 94.1 cm³/mol. The van der Waals surface area contributed by atoms with E-state index in [1.807, 2.05) is 36.4 Å². The first kappa shape index (κ1) is 17.3. The van der Waals surface area contributed by atoms with E-state index in [0.717, 1.165) is 29.5 Å². The van der Waals surface area contributed by atoms with E-state index >= 15 is 0 Å². The molecule has 0 aromatic heterocycles. The van der Waals surface area contributed by atoms with Crippen LogP contribution in [0.25, 0.3) is 10.8 Å². The van der Waals surface area contributed by atoms with Gasteiger partial charge in [-0.25, -0.2) is 4.79 Å². The molecule has 0 unspecified atom stereocenters. The molecule has 0 heterocycles. The minimum absolute atomic E-state index is 0.303. The second-order valence-electron chi connectivity index (χ2n) is 6.24. The van der Waals surface area contributed by atoms with Crippen LogP contribution in [0, 0.1) is 5.92 Å². The molecule has 3 nitrogen and oxygen atoms in total. The van der Waals surface area contributed by atoms with Crippen molar-refractivity contribution >= 4 is 16.7 Å². The minimum atomic E-state index is -0.303. The quantitative estimate of drug-likeness (QED) is 0.495. The third-order valence-corrected chi connectivity index (χ3v) is 3.97. The van der Waals surface area contributed by atoms with Crippen molar-refractivity contribution in [3.63, 3.8) is 0 Å². The Hall–Kier alpha value is -2.03. The summed E-state index contributed by atoms with van der Waals surface area (Å²) in [5.41, 5.74) is 0.521. The van der Waals surface area contributed by atoms with E-state index in [-0.39, 0.29) is 5.97 Å². The Morgan fingerprint density at radius 3 is 2.57 bits per heavy atom. The summed E-state index contributed by atoms with van der Waals surface area (Å²) in [5.74, 6) is 0.994. The molecular weight excluding hydrogens is 288 g/mol. The standard InChI is InChI=1S/C20H26O3/c1-15(2)9-5-4-8-14-23-20(21)19-17-11-7-6-10-16(17)12-13-18(19)22-3/h6-7,10-13,15H,4-5,8-9,14H2,1-3H3. The predicted octanol–water partition coefficient (Wildman–Crippen LogP) is 5.22. The topological polar surface area (TPSA) is 35.5 Å². The molecule has 0 atom stereocenters. The number of hydrogen-bond donors (Lipinski definition) is 0.